The fraction of sp³-hybridized carbons (Fsp3) is 0.714. The van der Waals surface area contributed by atoms with Crippen molar-refractivity contribution in [1.82, 2.24) is 10.4 Å². The Bertz CT molecular complexity index is 537. The molecule has 2 rings (SSSR count). The van der Waals surface area contributed by atoms with Crippen molar-refractivity contribution >= 4 is 11.9 Å². The van der Waals surface area contributed by atoms with Gasteiger partial charge in [0.2, 0.25) is 5.76 Å². The number of hydroxylamine groups is 2. The predicted octanol–water partition coefficient (Wildman–Crippen LogP) is 0.710. The largest absolute Gasteiger partial charge is 0.465 e. The molecule has 0 saturated carbocycles. The summed E-state index contributed by atoms with van der Waals surface area (Å²) in [5.41, 5.74) is -1.68. The van der Waals surface area contributed by atoms with E-state index in [0.717, 1.165) is 0 Å². The van der Waals surface area contributed by atoms with Gasteiger partial charge < -0.3 is 14.3 Å². The zero-order valence-corrected chi connectivity index (χ0v) is 13.5. The molecule has 0 aromatic carbocycles. The molecule has 1 fully saturated rings. The molecule has 0 spiro atoms. The van der Waals surface area contributed by atoms with Gasteiger partial charge in [0, 0.05) is 5.54 Å². The SMILES string of the molecule is COC(=O)C1=C(C(=O)OC)C2(C)NC(C)(C)C(C)(C)N2O1. The summed E-state index contributed by atoms with van der Waals surface area (Å²) in [6, 6.07) is 0. The van der Waals surface area contributed by atoms with Crippen molar-refractivity contribution in [2.75, 3.05) is 14.2 Å². The molecule has 0 aromatic rings. The molecule has 1 atom stereocenters. The molecule has 0 bridgehead atoms. The molecule has 1 N–H and O–H groups in total. The number of hydrogen-bond acceptors (Lipinski definition) is 7. The monoisotopic (exact) mass is 298 g/mol. The number of esters is 2. The summed E-state index contributed by atoms with van der Waals surface area (Å²) in [5.74, 6) is -1.47. The van der Waals surface area contributed by atoms with Gasteiger partial charge in [0.05, 0.1) is 19.8 Å². The molecule has 1 unspecified atom stereocenters. The molecule has 0 radical (unpaired) electrons. The summed E-state index contributed by atoms with van der Waals surface area (Å²) in [6.45, 7) is 9.74. The van der Waals surface area contributed by atoms with E-state index in [2.05, 4.69) is 5.32 Å². The maximum atomic E-state index is 12.2. The van der Waals surface area contributed by atoms with E-state index in [4.69, 9.17) is 14.3 Å². The van der Waals surface area contributed by atoms with E-state index in [1.165, 1.54) is 14.2 Å². The molecule has 21 heavy (non-hydrogen) atoms. The summed E-state index contributed by atoms with van der Waals surface area (Å²) < 4.78 is 9.52. The van der Waals surface area contributed by atoms with Crippen LogP contribution in [0.1, 0.15) is 34.6 Å². The van der Waals surface area contributed by atoms with Gasteiger partial charge in [-0.05, 0) is 34.6 Å². The van der Waals surface area contributed by atoms with Gasteiger partial charge in [0.15, 0.2) is 0 Å². The fourth-order valence-corrected chi connectivity index (χ4v) is 2.98. The number of carbonyl (C=O) groups excluding carboxylic acids is 2. The molecule has 1 saturated heterocycles. The highest BCUT2D eigenvalue weighted by molar-refractivity contribution is 6.01. The summed E-state index contributed by atoms with van der Waals surface area (Å²) >= 11 is 0. The summed E-state index contributed by atoms with van der Waals surface area (Å²) in [7, 11) is 2.50. The van der Waals surface area contributed by atoms with Gasteiger partial charge in [-0.2, -0.15) is 0 Å². The average molecular weight is 298 g/mol. The number of rotatable bonds is 2. The van der Waals surface area contributed by atoms with Crippen molar-refractivity contribution in [3.05, 3.63) is 11.3 Å². The third-order valence-electron chi connectivity index (χ3n) is 4.66. The molecule has 2 heterocycles. The first kappa shape index (κ1) is 15.8. The minimum absolute atomic E-state index is 0.121. The minimum atomic E-state index is -0.969. The Morgan fingerprint density at radius 3 is 2.05 bits per heavy atom. The quantitative estimate of drug-likeness (QED) is 0.752. The lowest BCUT2D eigenvalue weighted by Crippen LogP contribution is -2.53. The molecule has 118 valence electrons. The number of methoxy groups -OCH3 is 2. The molecule has 0 amide bonds. The molecule has 7 nitrogen and oxygen atoms in total. The van der Waals surface area contributed by atoms with Crippen molar-refractivity contribution in [2.45, 2.75) is 51.4 Å². The predicted molar refractivity (Wildman–Crippen MR) is 73.7 cm³/mol. The van der Waals surface area contributed by atoms with Gasteiger partial charge in [-0.1, -0.05) is 0 Å². The smallest absolute Gasteiger partial charge is 0.376 e. The van der Waals surface area contributed by atoms with Crippen LogP contribution in [0.2, 0.25) is 0 Å². The highest BCUT2D eigenvalue weighted by atomic mass is 16.7. The van der Waals surface area contributed by atoms with Crippen LogP contribution in [0, 0.1) is 0 Å². The standard InChI is InChI=1S/C14H22N2O5/c1-12(2)13(3,4)16-14(5,15-12)8(10(17)19-6)9(21-16)11(18)20-7/h15H,1-7H3. The van der Waals surface area contributed by atoms with E-state index in [-0.39, 0.29) is 16.9 Å². The van der Waals surface area contributed by atoms with E-state index in [0.29, 0.717) is 0 Å². The van der Waals surface area contributed by atoms with Crippen molar-refractivity contribution in [1.29, 1.82) is 0 Å². The normalized spacial score (nSPS) is 29.9. The van der Waals surface area contributed by atoms with Crippen LogP contribution in [-0.2, 0) is 23.9 Å². The van der Waals surface area contributed by atoms with E-state index in [1.807, 2.05) is 27.7 Å². The van der Waals surface area contributed by atoms with E-state index in [1.54, 1.807) is 12.0 Å². The Morgan fingerprint density at radius 1 is 1.05 bits per heavy atom. The van der Waals surface area contributed by atoms with Gasteiger partial charge >= 0.3 is 11.9 Å². The Morgan fingerprint density at radius 2 is 1.57 bits per heavy atom. The lowest BCUT2D eigenvalue weighted by molar-refractivity contribution is -0.197. The fourth-order valence-electron chi connectivity index (χ4n) is 2.98. The van der Waals surface area contributed by atoms with Crippen LogP contribution in [0.3, 0.4) is 0 Å². The Kier molecular flexibility index (Phi) is 3.34. The minimum Gasteiger partial charge on any atom is -0.465 e. The second kappa shape index (κ2) is 4.45. The Balaban J connectivity index is 2.61. The zero-order valence-electron chi connectivity index (χ0n) is 13.5. The number of nitrogens with one attached hydrogen (secondary N) is 1. The van der Waals surface area contributed by atoms with Gasteiger partial charge in [0.1, 0.15) is 11.2 Å². The molecular formula is C14H22N2O5. The lowest BCUT2D eigenvalue weighted by atomic mass is 9.84. The Hall–Kier alpha value is -1.60. The van der Waals surface area contributed by atoms with Crippen molar-refractivity contribution < 1.29 is 23.9 Å². The van der Waals surface area contributed by atoms with E-state index in [9.17, 15) is 9.59 Å². The number of carbonyl (C=O) groups is 2. The van der Waals surface area contributed by atoms with Crippen LogP contribution < -0.4 is 5.32 Å². The number of hydrogen-bond donors (Lipinski definition) is 1. The second-order valence-electron chi connectivity index (χ2n) is 6.45. The molecule has 0 aliphatic carbocycles. The van der Waals surface area contributed by atoms with Crippen LogP contribution >= 0.6 is 0 Å². The van der Waals surface area contributed by atoms with Crippen LogP contribution in [0.4, 0.5) is 0 Å². The maximum Gasteiger partial charge on any atom is 0.376 e. The summed E-state index contributed by atoms with van der Waals surface area (Å²) in [4.78, 5) is 29.8. The second-order valence-corrected chi connectivity index (χ2v) is 6.45. The zero-order chi connectivity index (χ0) is 16.2. The van der Waals surface area contributed by atoms with Crippen molar-refractivity contribution in [2.24, 2.45) is 0 Å². The first-order chi connectivity index (χ1) is 9.53. The number of fused-ring (bicyclic) bond motifs is 1. The van der Waals surface area contributed by atoms with Crippen LogP contribution in [-0.4, -0.2) is 48.0 Å². The van der Waals surface area contributed by atoms with Gasteiger partial charge in [-0.25, -0.2) is 9.59 Å². The van der Waals surface area contributed by atoms with Gasteiger partial charge in [0.25, 0.3) is 0 Å². The molecule has 2 aliphatic rings. The maximum absolute atomic E-state index is 12.2. The average Bonchev–Trinajstić information content (AvgIpc) is 2.75. The van der Waals surface area contributed by atoms with Crippen molar-refractivity contribution in [3.8, 4) is 0 Å². The third kappa shape index (κ3) is 1.87. The number of ether oxygens (including phenoxy) is 2. The summed E-state index contributed by atoms with van der Waals surface area (Å²) in [5, 5.41) is 4.99. The van der Waals surface area contributed by atoms with Crippen molar-refractivity contribution in [3.63, 3.8) is 0 Å². The highest BCUT2D eigenvalue weighted by Crippen LogP contribution is 2.49. The van der Waals surface area contributed by atoms with E-state index >= 15 is 0 Å². The van der Waals surface area contributed by atoms with Crippen LogP contribution in [0.15, 0.2) is 11.3 Å². The van der Waals surface area contributed by atoms with Crippen LogP contribution in [0.5, 0.6) is 0 Å². The first-order valence-corrected chi connectivity index (χ1v) is 6.72. The highest BCUT2D eigenvalue weighted by Gasteiger charge is 2.67. The van der Waals surface area contributed by atoms with E-state index < -0.39 is 23.1 Å². The number of nitrogens with zero attached hydrogens (tertiary/aromatic N) is 1. The van der Waals surface area contributed by atoms with Gasteiger partial charge in [-0.15, -0.1) is 5.06 Å². The van der Waals surface area contributed by atoms with Crippen LogP contribution in [0.25, 0.3) is 0 Å². The topological polar surface area (TPSA) is 77.1 Å². The molecule has 0 aromatic heterocycles. The van der Waals surface area contributed by atoms with Gasteiger partial charge in [-0.3, -0.25) is 5.32 Å². The molecular weight excluding hydrogens is 276 g/mol. The first-order valence-electron chi connectivity index (χ1n) is 6.72. The molecule has 2 aliphatic heterocycles. The summed E-state index contributed by atoms with van der Waals surface area (Å²) in [6.07, 6.45) is 0. The molecule has 7 heteroatoms. The third-order valence-corrected chi connectivity index (χ3v) is 4.66. The Labute approximate surface area is 124 Å². The lowest BCUT2D eigenvalue weighted by Gasteiger charge is -2.38.